The Morgan fingerprint density at radius 2 is 1.69 bits per heavy atom. The number of ether oxygens (including phenoxy) is 1. The number of carbonyl (C=O) groups excluding carboxylic acids is 1. The summed E-state index contributed by atoms with van der Waals surface area (Å²) in [4.78, 5) is 15.2. The summed E-state index contributed by atoms with van der Waals surface area (Å²) >= 11 is 0. The van der Waals surface area contributed by atoms with Crippen molar-refractivity contribution in [1.82, 2.24) is 4.90 Å². The average Bonchev–Trinajstić information content (AvgIpc) is 3.41. The van der Waals surface area contributed by atoms with Crippen molar-refractivity contribution in [2.45, 2.75) is 109 Å². The molecule has 0 aromatic heterocycles. The summed E-state index contributed by atoms with van der Waals surface area (Å²) in [5, 5.41) is 0. The molecule has 0 N–H and O–H groups in total. The van der Waals surface area contributed by atoms with Gasteiger partial charge in [0.15, 0.2) is 0 Å². The summed E-state index contributed by atoms with van der Waals surface area (Å²) in [6.45, 7) is 14.2. The lowest BCUT2D eigenvalue weighted by molar-refractivity contribution is -0.000272. The number of rotatable bonds is 2. The van der Waals surface area contributed by atoms with Crippen LogP contribution in [-0.4, -0.2) is 47.0 Å². The summed E-state index contributed by atoms with van der Waals surface area (Å²) < 4.78 is 18.4. The lowest BCUT2D eigenvalue weighted by atomic mass is 9.78. The predicted octanol–water partition coefficient (Wildman–Crippen LogP) is 4.49. The van der Waals surface area contributed by atoms with Gasteiger partial charge in [0.1, 0.15) is 5.60 Å². The highest BCUT2D eigenvalue weighted by atomic mass is 16.7. The third-order valence-corrected chi connectivity index (χ3v) is 8.45. The van der Waals surface area contributed by atoms with Crippen LogP contribution in [0.1, 0.15) is 78.9 Å². The first-order chi connectivity index (χ1) is 14.8. The number of hydrogen-bond donors (Lipinski definition) is 0. The number of hydrogen-bond acceptors (Lipinski definition) is 4. The number of fused-ring (bicyclic) bond motifs is 3. The van der Waals surface area contributed by atoms with Gasteiger partial charge < -0.3 is 18.9 Å². The van der Waals surface area contributed by atoms with Gasteiger partial charge >= 0.3 is 13.2 Å². The van der Waals surface area contributed by atoms with Gasteiger partial charge in [0.05, 0.1) is 11.2 Å². The van der Waals surface area contributed by atoms with Crippen molar-refractivity contribution in [3.05, 3.63) is 29.3 Å². The van der Waals surface area contributed by atoms with Crippen molar-refractivity contribution >= 4 is 18.7 Å². The summed E-state index contributed by atoms with van der Waals surface area (Å²) in [5.41, 5.74) is 2.75. The third-order valence-electron chi connectivity index (χ3n) is 8.45. The molecule has 174 valence electrons. The van der Waals surface area contributed by atoms with E-state index in [2.05, 4.69) is 50.8 Å². The number of likely N-dealkylation sites (tertiary alicyclic amines) is 1. The molecule has 1 amide bonds. The fourth-order valence-corrected chi connectivity index (χ4v) is 6.26. The molecule has 2 aliphatic heterocycles. The molecule has 2 bridgehead atoms. The highest BCUT2D eigenvalue weighted by Gasteiger charge is 2.54. The van der Waals surface area contributed by atoms with Gasteiger partial charge in [-0.25, -0.2) is 4.79 Å². The van der Waals surface area contributed by atoms with Crippen molar-refractivity contribution in [1.29, 1.82) is 0 Å². The largest absolute Gasteiger partial charge is 0.494 e. The van der Waals surface area contributed by atoms with Crippen molar-refractivity contribution in [3.63, 3.8) is 0 Å². The van der Waals surface area contributed by atoms with Gasteiger partial charge in [-0.3, -0.25) is 0 Å². The van der Waals surface area contributed by atoms with Gasteiger partial charge in [-0.15, -0.1) is 0 Å². The first-order valence-corrected chi connectivity index (χ1v) is 12.3. The monoisotopic (exact) mass is 439 g/mol. The van der Waals surface area contributed by atoms with E-state index in [-0.39, 0.29) is 30.5 Å². The molecule has 3 fully saturated rings. The van der Waals surface area contributed by atoms with Crippen LogP contribution < -0.4 is 5.46 Å². The van der Waals surface area contributed by atoms with Crippen molar-refractivity contribution in [3.8, 4) is 0 Å². The van der Waals surface area contributed by atoms with Crippen LogP contribution >= 0.6 is 0 Å². The Morgan fingerprint density at radius 1 is 1.03 bits per heavy atom. The molecule has 2 heterocycles. The Balaban J connectivity index is 1.34. The molecule has 32 heavy (non-hydrogen) atoms. The lowest BCUT2D eigenvalue weighted by Gasteiger charge is -2.39. The first-order valence-electron chi connectivity index (χ1n) is 12.3. The van der Waals surface area contributed by atoms with E-state index >= 15 is 0 Å². The minimum atomic E-state index is -0.458. The molecule has 1 saturated carbocycles. The van der Waals surface area contributed by atoms with Crippen LogP contribution in [-0.2, 0) is 26.9 Å². The molecule has 0 spiro atoms. The smallest absolute Gasteiger partial charge is 0.444 e. The molecule has 6 heteroatoms. The molecule has 1 unspecified atom stereocenters. The van der Waals surface area contributed by atoms with Gasteiger partial charge in [-0.05, 0) is 109 Å². The Labute approximate surface area is 193 Å². The van der Waals surface area contributed by atoms with Crippen LogP contribution in [0.5, 0.6) is 0 Å². The zero-order chi connectivity index (χ0) is 23.1. The second-order valence-electron chi connectivity index (χ2n) is 12.4. The molecule has 2 aliphatic carbocycles. The molecular formula is C26H38BNO4. The summed E-state index contributed by atoms with van der Waals surface area (Å²) in [6.07, 6.45) is 5.41. The van der Waals surface area contributed by atoms with Crippen LogP contribution in [0.25, 0.3) is 0 Å². The maximum Gasteiger partial charge on any atom is 0.494 e. The number of carbonyl (C=O) groups is 1. The van der Waals surface area contributed by atoms with Gasteiger partial charge in [-0.1, -0.05) is 18.2 Å². The van der Waals surface area contributed by atoms with E-state index in [1.165, 1.54) is 17.5 Å². The second kappa shape index (κ2) is 7.23. The van der Waals surface area contributed by atoms with Crippen molar-refractivity contribution < 1.29 is 18.8 Å². The highest BCUT2D eigenvalue weighted by molar-refractivity contribution is 6.62. The average molecular weight is 439 g/mol. The number of nitrogens with zero attached hydrogens (tertiary/aromatic N) is 1. The van der Waals surface area contributed by atoms with E-state index in [0.29, 0.717) is 17.9 Å². The van der Waals surface area contributed by atoms with Crippen LogP contribution in [0.4, 0.5) is 4.79 Å². The van der Waals surface area contributed by atoms with Crippen molar-refractivity contribution in [2.24, 2.45) is 11.8 Å². The Morgan fingerprint density at radius 3 is 2.34 bits per heavy atom. The Bertz CT molecular complexity index is 905. The van der Waals surface area contributed by atoms with E-state index in [1.54, 1.807) is 0 Å². The molecular weight excluding hydrogens is 401 g/mol. The minimum Gasteiger partial charge on any atom is -0.444 e. The van der Waals surface area contributed by atoms with Crippen LogP contribution in [0.2, 0.25) is 0 Å². The summed E-state index contributed by atoms with van der Waals surface area (Å²) in [7, 11) is -0.329. The molecule has 5 rings (SSSR count). The molecule has 4 atom stereocenters. The predicted molar refractivity (Wildman–Crippen MR) is 126 cm³/mol. The molecule has 0 radical (unpaired) electrons. The van der Waals surface area contributed by atoms with Gasteiger partial charge in [-0.2, -0.15) is 0 Å². The zero-order valence-corrected chi connectivity index (χ0v) is 20.7. The lowest BCUT2D eigenvalue weighted by Crippen LogP contribution is -2.50. The van der Waals surface area contributed by atoms with E-state index in [0.717, 1.165) is 31.1 Å². The molecule has 5 nitrogen and oxygen atoms in total. The van der Waals surface area contributed by atoms with Crippen LogP contribution in [0.3, 0.4) is 0 Å². The van der Waals surface area contributed by atoms with E-state index in [9.17, 15) is 4.79 Å². The standard InChI is InChI=1S/C26H38BNO4/c1-24(2,3)30-23(29)28-21-11-9-17(15-21)22(28)19-12-16-8-10-20(14-18(16)13-19)27-31-25(4,5)26(6,7)32-27/h8,10,14,17,19,21-22H,9,11-13,15H2,1-7H3/t17-,19?,21+,22-/m0/s1. The van der Waals surface area contributed by atoms with Gasteiger partial charge in [0.2, 0.25) is 0 Å². The molecule has 4 aliphatic rings. The van der Waals surface area contributed by atoms with Crippen LogP contribution in [0.15, 0.2) is 18.2 Å². The fraction of sp³-hybridized carbons (Fsp3) is 0.731. The number of piperidine rings is 1. The molecule has 1 aromatic rings. The fourth-order valence-electron chi connectivity index (χ4n) is 6.26. The summed E-state index contributed by atoms with van der Waals surface area (Å²) in [5.74, 6) is 1.07. The number of amides is 1. The second-order valence-corrected chi connectivity index (χ2v) is 12.4. The Kier molecular flexibility index (Phi) is 5.04. The summed E-state index contributed by atoms with van der Waals surface area (Å²) in [6, 6.07) is 7.33. The van der Waals surface area contributed by atoms with Crippen LogP contribution in [0, 0.1) is 11.8 Å². The highest BCUT2D eigenvalue weighted by Crippen LogP contribution is 2.48. The minimum absolute atomic E-state index is 0.122. The maximum atomic E-state index is 13.1. The molecule has 2 saturated heterocycles. The zero-order valence-electron chi connectivity index (χ0n) is 20.7. The quantitative estimate of drug-likeness (QED) is 0.638. The van der Waals surface area contributed by atoms with Gasteiger partial charge in [0.25, 0.3) is 0 Å². The Hall–Kier alpha value is -1.53. The number of benzene rings is 1. The van der Waals surface area contributed by atoms with Gasteiger partial charge in [0, 0.05) is 12.1 Å². The normalized spacial score (nSPS) is 32.5. The topological polar surface area (TPSA) is 48.0 Å². The molecule has 1 aromatic carbocycles. The maximum absolute atomic E-state index is 13.1. The van der Waals surface area contributed by atoms with E-state index in [4.69, 9.17) is 14.0 Å². The third kappa shape index (κ3) is 3.68. The first kappa shape index (κ1) is 22.3. The van der Waals surface area contributed by atoms with E-state index in [1.807, 2.05) is 20.8 Å². The van der Waals surface area contributed by atoms with Crippen molar-refractivity contribution in [2.75, 3.05) is 0 Å². The van der Waals surface area contributed by atoms with E-state index < -0.39 is 5.60 Å². The SMILES string of the molecule is CC(C)(C)OC(=O)N1[C@@H]2CC[C@@H](C2)[C@H]1C1Cc2ccc(B3OC(C)(C)C(C)(C)O3)cc2C1.